The summed E-state index contributed by atoms with van der Waals surface area (Å²) in [5.41, 5.74) is 5.50. The first-order chi connectivity index (χ1) is 9.45. The van der Waals surface area contributed by atoms with Crippen LogP contribution in [0.1, 0.15) is 30.1 Å². The molecule has 0 bridgehead atoms. The van der Waals surface area contributed by atoms with Crippen LogP contribution >= 0.6 is 0 Å². The summed E-state index contributed by atoms with van der Waals surface area (Å²) >= 11 is 0. The van der Waals surface area contributed by atoms with Gasteiger partial charge in [0.1, 0.15) is 0 Å². The van der Waals surface area contributed by atoms with Crippen molar-refractivity contribution in [3.63, 3.8) is 0 Å². The summed E-state index contributed by atoms with van der Waals surface area (Å²) in [5.74, 6) is -4.56. The highest BCUT2D eigenvalue weighted by molar-refractivity contribution is 5.94. The molecule has 1 saturated heterocycles. The molecule has 3 nitrogen and oxygen atoms in total. The van der Waals surface area contributed by atoms with Crippen molar-refractivity contribution in [1.82, 2.24) is 4.90 Å². The largest absolute Gasteiger partial charge is 0.334 e. The molecule has 20 heavy (non-hydrogen) atoms. The Labute approximate surface area is 115 Å². The lowest BCUT2D eigenvalue weighted by Gasteiger charge is -2.39. The van der Waals surface area contributed by atoms with Crippen molar-refractivity contribution in [1.29, 1.82) is 0 Å². The molecule has 0 radical (unpaired) electrons. The second-order valence-electron chi connectivity index (χ2n) is 5.17. The van der Waals surface area contributed by atoms with Crippen molar-refractivity contribution >= 4 is 5.91 Å². The number of nitrogens with two attached hydrogens (primary N) is 1. The fourth-order valence-corrected chi connectivity index (χ4v) is 2.71. The van der Waals surface area contributed by atoms with E-state index in [1.54, 1.807) is 0 Å². The number of hydrogen-bond donors (Lipinski definition) is 1. The van der Waals surface area contributed by atoms with Crippen molar-refractivity contribution in [2.75, 3.05) is 13.1 Å². The molecule has 0 spiro atoms. The summed E-state index contributed by atoms with van der Waals surface area (Å²) in [6, 6.07) is 1.30. The number of benzene rings is 1. The topological polar surface area (TPSA) is 46.3 Å². The number of carbonyl (C=O) groups excluding carboxylic acids is 1. The lowest BCUT2D eigenvalue weighted by Crippen LogP contribution is -2.51. The summed E-state index contributed by atoms with van der Waals surface area (Å²) < 4.78 is 39.4. The van der Waals surface area contributed by atoms with E-state index in [2.05, 4.69) is 0 Å². The van der Waals surface area contributed by atoms with Crippen LogP contribution in [0.3, 0.4) is 0 Å². The van der Waals surface area contributed by atoms with Crippen LogP contribution < -0.4 is 5.73 Å². The highest BCUT2D eigenvalue weighted by Crippen LogP contribution is 2.25. The molecule has 0 aromatic heterocycles. The summed E-state index contributed by atoms with van der Waals surface area (Å²) in [6.07, 6.45) is 1.77. The lowest BCUT2D eigenvalue weighted by atomic mass is 9.90. The molecule has 1 fully saturated rings. The third kappa shape index (κ3) is 2.65. The molecule has 1 aromatic rings. The van der Waals surface area contributed by atoms with E-state index >= 15 is 0 Å². The molecular formula is C14H17F3N2O. The van der Waals surface area contributed by atoms with Gasteiger partial charge in [0.25, 0.3) is 5.91 Å². The van der Waals surface area contributed by atoms with Crippen molar-refractivity contribution in [2.45, 2.75) is 25.8 Å². The number of amides is 1. The first-order valence-corrected chi connectivity index (χ1v) is 6.61. The lowest BCUT2D eigenvalue weighted by molar-refractivity contribution is 0.0531. The van der Waals surface area contributed by atoms with Gasteiger partial charge in [-0.3, -0.25) is 4.79 Å². The predicted molar refractivity (Wildman–Crippen MR) is 68.6 cm³/mol. The molecule has 1 aliphatic heterocycles. The van der Waals surface area contributed by atoms with Crippen molar-refractivity contribution in [3.8, 4) is 0 Å². The standard InChI is InChI=1S/C14H17F3N2O/c1-8-3-2-4-19(12(8)7-18)14(20)9-5-10(15)13(17)11(16)6-9/h5-6,8,12H,2-4,7,18H2,1H3/t8-,12+/m1/s1. The van der Waals surface area contributed by atoms with Crippen LogP contribution in [-0.2, 0) is 0 Å². The van der Waals surface area contributed by atoms with E-state index in [9.17, 15) is 18.0 Å². The van der Waals surface area contributed by atoms with E-state index in [0.29, 0.717) is 13.1 Å². The minimum atomic E-state index is -1.57. The second kappa shape index (κ2) is 5.83. The zero-order valence-corrected chi connectivity index (χ0v) is 11.2. The third-order valence-electron chi connectivity index (χ3n) is 3.85. The average Bonchev–Trinajstić information content (AvgIpc) is 2.43. The minimum absolute atomic E-state index is 0.160. The van der Waals surface area contributed by atoms with Crippen LogP contribution in [0, 0.1) is 23.4 Å². The van der Waals surface area contributed by atoms with E-state index < -0.39 is 23.4 Å². The average molecular weight is 286 g/mol. The number of nitrogens with zero attached hydrogens (tertiary/aromatic N) is 1. The Balaban J connectivity index is 2.30. The SMILES string of the molecule is C[C@@H]1CCCN(C(=O)c2cc(F)c(F)c(F)c2)[C@H]1CN. The molecule has 0 aliphatic carbocycles. The van der Waals surface area contributed by atoms with Gasteiger partial charge in [0, 0.05) is 24.7 Å². The first kappa shape index (κ1) is 14.8. The van der Waals surface area contributed by atoms with Gasteiger partial charge < -0.3 is 10.6 Å². The smallest absolute Gasteiger partial charge is 0.254 e. The Morgan fingerprint density at radius 3 is 2.50 bits per heavy atom. The van der Waals surface area contributed by atoms with E-state index in [0.717, 1.165) is 25.0 Å². The molecule has 2 atom stereocenters. The molecule has 1 amide bonds. The van der Waals surface area contributed by atoms with Crippen LogP contribution in [0.4, 0.5) is 13.2 Å². The van der Waals surface area contributed by atoms with Gasteiger partial charge in [-0.2, -0.15) is 0 Å². The Morgan fingerprint density at radius 2 is 1.95 bits per heavy atom. The second-order valence-corrected chi connectivity index (χ2v) is 5.17. The summed E-state index contributed by atoms with van der Waals surface area (Å²) in [5, 5.41) is 0. The van der Waals surface area contributed by atoms with Gasteiger partial charge in [0.15, 0.2) is 17.5 Å². The van der Waals surface area contributed by atoms with E-state index in [1.165, 1.54) is 4.90 Å². The quantitative estimate of drug-likeness (QED) is 0.848. The molecule has 1 aliphatic rings. The van der Waals surface area contributed by atoms with Crippen LogP contribution in [0.5, 0.6) is 0 Å². The van der Waals surface area contributed by atoms with E-state index in [4.69, 9.17) is 5.73 Å². The third-order valence-corrected chi connectivity index (χ3v) is 3.85. The molecule has 1 aromatic carbocycles. The Morgan fingerprint density at radius 1 is 1.35 bits per heavy atom. The molecule has 0 unspecified atom stereocenters. The summed E-state index contributed by atoms with van der Waals surface area (Å²) in [7, 11) is 0. The molecule has 6 heteroatoms. The van der Waals surface area contributed by atoms with Crippen LogP contribution in [0.2, 0.25) is 0 Å². The van der Waals surface area contributed by atoms with Crippen molar-refractivity contribution in [3.05, 3.63) is 35.1 Å². The van der Waals surface area contributed by atoms with Gasteiger partial charge in [-0.15, -0.1) is 0 Å². The maximum absolute atomic E-state index is 13.2. The monoisotopic (exact) mass is 286 g/mol. The van der Waals surface area contributed by atoms with E-state index in [1.807, 2.05) is 6.92 Å². The number of likely N-dealkylation sites (tertiary alicyclic amines) is 1. The number of halogens is 3. The molecule has 2 N–H and O–H groups in total. The Bertz CT molecular complexity index is 498. The van der Waals surface area contributed by atoms with Gasteiger partial charge in [0.05, 0.1) is 0 Å². The zero-order valence-electron chi connectivity index (χ0n) is 11.2. The fourth-order valence-electron chi connectivity index (χ4n) is 2.71. The number of hydrogen-bond acceptors (Lipinski definition) is 2. The molecule has 110 valence electrons. The fraction of sp³-hybridized carbons (Fsp3) is 0.500. The first-order valence-electron chi connectivity index (χ1n) is 6.61. The molecular weight excluding hydrogens is 269 g/mol. The Hall–Kier alpha value is -1.56. The Kier molecular flexibility index (Phi) is 4.32. The van der Waals surface area contributed by atoms with E-state index in [-0.39, 0.29) is 17.5 Å². The number of carbonyl (C=O) groups is 1. The summed E-state index contributed by atoms with van der Waals surface area (Å²) in [4.78, 5) is 13.9. The molecule has 2 rings (SSSR count). The van der Waals surface area contributed by atoms with Gasteiger partial charge in [-0.05, 0) is 30.9 Å². The maximum atomic E-state index is 13.2. The van der Waals surface area contributed by atoms with Gasteiger partial charge in [-0.25, -0.2) is 13.2 Å². The van der Waals surface area contributed by atoms with Gasteiger partial charge in [-0.1, -0.05) is 6.92 Å². The van der Waals surface area contributed by atoms with Gasteiger partial charge >= 0.3 is 0 Å². The van der Waals surface area contributed by atoms with Crippen LogP contribution in [-0.4, -0.2) is 29.9 Å². The molecule has 1 heterocycles. The minimum Gasteiger partial charge on any atom is -0.334 e. The zero-order chi connectivity index (χ0) is 14.9. The normalized spacial score (nSPS) is 22.9. The number of piperidine rings is 1. The van der Waals surface area contributed by atoms with Gasteiger partial charge in [0.2, 0.25) is 0 Å². The predicted octanol–water partition coefficient (Wildman–Crippen LogP) is 2.30. The van der Waals surface area contributed by atoms with Crippen LogP contribution in [0.25, 0.3) is 0 Å². The highest BCUT2D eigenvalue weighted by atomic mass is 19.2. The van der Waals surface area contributed by atoms with Crippen molar-refractivity contribution < 1.29 is 18.0 Å². The highest BCUT2D eigenvalue weighted by Gasteiger charge is 2.32. The van der Waals surface area contributed by atoms with Crippen molar-refractivity contribution in [2.24, 2.45) is 11.7 Å². The van der Waals surface area contributed by atoms with Crippen LogP contribution in [0.15, 0.2) is 12.1 Å². The summed E-state index contributed by atoms with van der Waals surface area (Å²) in [6.45, 7) is 2.77. The number of rotatable bonds is 2. The molecule has 0 saturated carbocycles. The maximum Gasteiger partial charge on any atom is 0.254 e.